The first-order valence-electron chi connectivity index (χ1n) is 6.86. The Hall–Kier alpha value is -2.13. The molecule has 1 aromatic carbocycles. The molecule has 0 saturated heterocycles. The largest absolute Gasteiger partial charge is 0.491 e. The van der Waals surface area contributed by atoms with Crippen LogP contribution in [-0.4, -0.2) is 22.6 Å². The molecule has 114 valence electrons. The molecule has 0 aliphatic heterocycles. The van der Waals surface area contributed by atoms with Crippen molar-refractivity contribution in [1.29, 1.82) is 5.26 Å². The van der Waals surface area contributed by atoms with Gasteiger partial charge in [-0.05, 0) is 39.8 Å². The lowest BCUT2D eigenvalue weighted by Gasteiger charge is -2.29. The number of nitriles is 1. The highest BCUT2D eigenvalue weighted by Gasteiger charge is 2.27. The van der Waals surface area contributed by atoms with Gasteiger partial charge < -0.3 is 4.74 Å². The summed E-state index contributed by atoms with van der Waals surface area (Å²) in [5.74, 6) is 0.554. The topological polar surface area (TPSA) is 88.2 Å². The molecule has 0 fully saturated rings. The molecule has 1 rings (SSSR count). The van der Waals surface area contributed by atoms with E-state index in [-0.39, 0.29) is 17.8 Å². The summed E-state index contributed by atoms with van der Waals surface area (Å²) in [6.07, 6.45) is 0.320. The van der Waals surface area contributed by atoms with E-state index in [4.69, 9.17) is 4.74 Å². The molecule has 2 atom stereocenters. The summed E-state index contributed by atoms with van der Waals surface area (Å²) < 4.78 is 5.71. The molecule has 2 unspecified atom stereocenters. The van der Waals surface area contributed by atoms with Gasteiger partial charge in [-0.25, -0.2) is 0 Å². The number of nitrogens with zero attached hydrogens (tertiary/aromatic N) is 2. The van der Waals surface area contributed by atoms with Crippen molar-refractivity contribution in [2.24, 2.45) is 0 Å². The summed E-state index contributed by atoms with van der Waals surface area (Å²) in [5, 5.41) is 23.1. The lowest BCUT2D eigenvalue weighted by molar-refractivity contribution is -0.384. The molecule has 0 heterocycles. The summed E-state index contributed by atoms with van der Waals surface area (Å²) in [6, 6.07) is 8.39. The van der Waals surface area contributed by atoms with Gasteiger partial charge in [-0.15, -0.1) is 0 Å². The second kappa shape index (κ2) is 7.04. The van der Waals surface area contributed by atoms with Crippen LogP contribution >= 0.6 is 0 Å². The summed E-state index contributed by atoms with van der Waals surface area (Å²) in [6.45, 7) is 7.68. The van der Waals surface area contributed by atoms with Gasteiger partial charge in [-0.1, -0.05) is 0 Å². The third-order valence-corrected chi connectivity index (χ3v) is 2.93. The average Bonchev–Trinajstić information content (AvgIpc) is 2.38. The number of nitrogens with one attached hydrogen (secondary N) is 1. The van der Waals surface area contributed by atoms with Gasteiger partial charge in [-0.2, -0.15) is 5.26 Å². The molecule has 0 radical (unpaired) electrons. The molecular formula is C15H21N3O3. The minimum Gasteiger partial charge on any atom is -0.491 e. The standard InChI is InChI=1S/C15H21N3O3/c1-11(2)17-15(4,10-16)9-12(3)21-14-7-5-13(6-8-14)18(19)20/h5-8,11-12,17H,9H2,1-4H3. The zero-order valence-corrected chi connectivity index (χ0v) is 12.8. The van der Waals surface area contributed by atoms with Crippen molar-refractivity contribution in [2.45, 2.75) is 51.8 Å². The number of hydrogen-bond donors (Lipinski definition) is 1. The predicted molar refractivity (Wildman–Crippen MR) is 80.1 cm³/mol. The second-order valence-electron chi connectivity index (χ2n) is 5.63. The van der Waals surface area contributed by atoms with Gasteiger partial charge in [0.1, 0.15) is 11.3 Å². The number of ether oxygens (including phenoxy) is 1. The van der Waals surface area contributed by atoms with Gasteiger partial charge in [0, 0.05) is 24.6 Å². The zero-order chi connectivity index (χ0) is 16.0. The fraction of sp³-hybridized carbons (Fsp3) is 0.533. The van der Waals surface area contributed by atoms with Gasteiger partial charge in [0.2, 0.25) is 0 Å². The number of rotatable bonds is 7. The second-order valence-corrected chi connectivity index (χ2v) is 5.63. The molecule has 0 aliphatic rings. The van der Waals surface area contributed by atoms with Crippen LogP contribution < -0.4 is 10.1 Å². The van der Waals surface area contributed by atoms with Gasteiger partial charge in [0.15, 0.2) is 0 Å². The highest BCUT2D eigenvalue weighted by Crippen LogP contribution is 2.21. The Bertz CT molecular complexity index is 522. The molecule has 0 bridgehead atoms. The predicted octanol–water partition coefficient (Wildman–Crippen LogP) is 3.03. The van der Waals surface area contributed by atoms with E-state index in [0.29, 0.717) is 12.2 Å². The molecule has 6 heteroatoms. The quantitative estimate of drug-likeness (QED) is 0.616. The smallest absolute Gasteiger partial charge is 0.269 e. The van der Waals surface area contributed by atoms with Crippen molar-refractivity contribution < 1.29 is 9.66 Å². The molecule has 0 spiro atoms. The van der Waals surface area contributed by atoms with E-state index in [1.807, 2.05) is 27.7 Å². The third-order valence-electron chi connectivity index (χ3n) is 2.93. The summed E-state index contributed by atoms with van der Waals surface area (Å²) in [5.41, 5.74) is -0.646. The number of hydrogen-bond acceptors (Lipinski definition) is 5. The SMILES string of the molecule is CC(C)NC(C)(C#N)CC(C)Oc1ccc([N+](=O)[O-])cc1. The normalized spacial score (nSPS) is 15.0. The average molecular weight is 291 g/mol. The molecule has 21 heavy (non-hydrogen) atoms. The number of nitro benzene ring substituents is 1. The van der Waals surface area contributed by atoms with Gasteiger partial charge >= 0.3 is 0 Å². The Morgan fingerprint density at radius 3 is 2.38 bits per heavy atom. The van der Waals surface area contributed by atoms with Crippen LogP contribution in [0.3, 0.4) is 0 Å². The fourth-order valence-electron chi connectivity index (χ4n) is 2.27. The van der Waals surface area contributed by atoms with Crippen molar-refractivity contribution in [1.82, 2.24) is 5.32 Å². The first-order chi connectivity index (χ1) is 9.75. The van der Waals surface area contributed by atoms with Crippen LogP contribution in [0.15, 0.2) is 24.3 Å². The van der Waals surface area contributed by atoms with E-state index in [2.05, 4.69) is 11.4 Å². The highest BCUT2D eigenvalue weighted by atomic mass is 16.6. The summed E-state index contributed by atoms with van der Waals surface area (Å²) >= 11 is 0. The molecule has 0 amide bonds. The fourth-order valence-corrected chi connectivity index (χ4v) is 2.27. The monoisotopic (exact) mass is 291 g/mol. The summed E-state index contributed by atoms with van der Waals surface area (Å²) in [7, 11) is 0. The van der Waals surface area contributed by atoms with Gasteiger partial charge in [-0.3, -0.25) is 15.4 Å². The lowest BCUT2D eigenvalue weighted by Crippen LogP contribution is -2.47. The van der Waals surface area contributed by atoms with Crippen LogP contribution in [0.2, 0.25) is 0 Å². The molecule has 6 nitrogen and oxygen atoms in total. The van der Waals surface area contributed by atoms with E-state index >= 15 is 0 Å². The van der Waals surface area contributed by atoms with E-state index in [1.165, 1.54) is 12.1 Å². The van der Waals surface area contributed by atoms with Crippen LogP contribution in [0.5, 0.6) is 5.75 Å². The Balaban J connectivity index is 2.66. The van der Waals surface area contributed by atoms with Crippen LogP contribution in [0.4, 0.5) is 5.69 Å². The number of non-ortho nitro benzene ring substituents is 1. The molecule has 1 N–H and O–H groups in total. The van der Waals surface area contributed by atoms with Crippen molar-refractivity contribution in [3.63, 3.8) is 0 Å². The Labute approximate surface area is 124 Å². The van der Waals surface area contributed by atoms with Crippen molar-refractivity contribution in [3.8, 4) is 11.8 Å². The molecule has 0 saturated carbocycles. The van der Waals surface area contributed by atoms with E-state index in [1.54, 1.807) is 12.1 Å². The first-order valence-corrected chi connectivity index (χ1v) is 6.86. The third kappa shape index (κ3) is 5.40. The van der Waals surface area contributed by atoms with Crippen LogP contribution in [0.25, 0.3) is 0 Å². The Kier molecular flexibility index (Phi) is 5.68. The summed E-state index contributed by atoms with van der Waals surface area (Å²) in [4.78, 5) is 10.1. The maximum absolute atomic E-state index is 10.6. The highest BCUT2D eigenvalue weighted by molar-refractivity contribution is 5.36. The lowest BCUT2D eigenvalue weighted by atomic mass is 9.95. The molecular weight excluding hydrogens is 270 g/mol. The number of benzene rings is 1. The van der Waals surface area contributed by atoms with Crippen LogP contribution in [-0.2, 0) is 0 Å². The zero-order valence-electron chi connectivity index (χ0n) is 12.8. The Morgan fingerprint density at radius 1 is 1.38 bits per heavy atom. The molecule has 1 aromatic rings. The minimum absolute atomic E-state index is 0.0262. The van der Waals surface area contributed by atoms with Crippen LogP contribution in [0, 0.1) is 21.4 Å². The van der Waals surface area contributed by atoms with E-state index < -0.39 is 10.5 Å². The molecule has 0 aromatic heterocycles. The molecule has 0 aliphatic carbocycles. The van der Waals surface area contributed by atoms with Gasteiger partial charge in [0.25, 0.3) is 5.69 Å². The maximum atomic E-state index is 10.6. The van der Waals surface area contributed by atoms with Crippen molar-refractivity contribution in [3.05, 3.63) is 34.4 Å². The van der Waals surface area contributed by atoms with Gasteiger partial charge in [0.05, 0.1) is 17.1 Å². The van der Waals surface area contributed by atoms with Crippen molar-refractivity contribution in [2.75, 3.05) is 0 Å². The number of nitro groups is 1. The van der Waals surface area contributed by atoms with Crippen molar-refractivity contribution >= 4 is 5.69 Å². The minimum atomic E-state index is -0.672. The van der Waals surface area contributed by atoms with E-state index in [9.17, 15) is 15.4 Å². The van der Waals surface area contributed by atoms with E-state index in [0.717, 1.165) is 0 Å². The van der Waals surface area contributed by atoms with Crippen LogP contribution in [0.1, 0.15) is 34.1 Å². The first kappa shape index (κ1) is 16.9. The maximum Gasteiger partial charge on any atom is 0.269 e. The Morgan fingerprint density at radius 2 is 1.95 bits per heavy atom.